The fraction of sp³-hybridized carbons (Fsp3) is 0.0556. The van der Waals surface area contributed by atoms with Crippen molar-refractivity contribution in [3.05, 3.63) is 73.4 Å². The first-order chi connectivity index (χ1) is 12.4. The topological polar surface area (TPSA) is 73.9 Å². The number of carbonyl (C=O) groups is 1. The summed E-state index contributed by atoms with van der Waals surface area (Å²) in [6.07, 6.45) is 0. The van der Waals surface area contributed by atoms with Gasteiger partial charge in [-0.3, -0.25) is 10.2 Å². The number of hydrogen-bond acceptors (Lipinski definition) is 4. The van der Waals surface area contributed by atoms with Gasteiger partial charge in [0.1, 0.15) is 17.6 Å². The normalized spacial score (nSPS) is 18.5. The molecule has 0 saturated carbocycles. The maximum absolute atomic E-state index is 12.9. The van der Waals surface area contributed by atoms with E-state index < -0.39 is 11.7 Å². The van der Waals surface area contributed by atoms with Crippen LogP contribution in [0.25, 0.3) is 5.57 Å². The van der Waals surface area contributed by atoms with Gasteiger partial charge in [0.05, 0.1) is 10.0 Å². The van der Waals surface area contributed by atoms with Crippen molar-refractivity contribution in [2.45, 2.75) is 5.92 Å². The minimum atomic E-state index is -1.14. The monoisotopic (exact) mass is 424 g/mol. The first-order valence-electron chi connectivity index (χ1n) is 7.20. The van der Waals surface area contributed by atoms with Gasteiger partial charge < -0.3 is 4.74 Å². The number of carbonyl (C=O) groups excluding carboxylic acids is 1. The van der Waals surface area contributed by atoms with Gasteiger partial charge in [-0.15, -0.1) is 0 Å². The van der Waals surface area contributed by atoms with Crippen LogP contribution in [0.5, 0.6) is 0 Å². The summed E-state index contributed by atoms with van der Waals surface area (Å²) in [6, 6.07) is 11.3. The van der Waals surface area contributed by atoms with Gasteiger partial charge in [0.15, 0.2) is 5.76 Å². The van der Waals surface area contributed by atoms with Crippen molar-refractivity contribution in [3.63, 3.8) is 0 Å². The van der Waals surface area contributed by atoms with Crippen LogP contribution in [0.1, 0.15) is 17.0 Å². The van der Waals surface area contributed by atoms with E-state index in [0.29, 0.717) is 0 Å². The zero-order valence-corrected chi connectivity index (χ0v) is 15.8. The van der Waals surface area contributed by atoms with Crippen LogP contribution < -0.4 is 0 Å². The lowest BCUT2D eigenvalue weighted by atomic mass is 9.93. The van der Waals surface area contributed by atoms with E-state index in [1.165, 1.54) is 12.1 Å². The average Bonchev–Trinajstić information content (AvgIpc) is 2.86. The standard InChI is InChI=1S/C18H8Cl4N2O2/c19-9-3-1-4-10(20)13(9)8(7-23)17-16(25)15(18(24)26-17)14-11(21)5-2-6-12(14)22/h1-6,15,24H. The van der Waals surface area contributed by atoms with Crippen LogP contribution >= 0.6 is 46.4 Å². The van der Waals surface area contributed by atoms with Crippen LogP contribution in [0.3, 0.4) is 0 Å². The summed E-state index contributed by atoms with van der Waals surface area (Å²) >= 11 is 24.6. The summed E-state index contributed by atoms with van der Waals surface area (Å²) in [5, 5.41) is 18.5. The molecule has 0 bridgehead atoms. The smallest absolute Gasteiger partial charge is 0.216 e. The third-order valence-electron chi connectivity index (χ3n) is 3.80. The number of benzene rings is 2. The number of halogens is 4. The Hall–Kier alpha value is -2.03. The highest BCUT2D eigenvalue weighted by Gasteiger charge is 2.43. The first kappa shape index (κ1) is 18.8. The van der Waals surface area contributed by atoms with E-state index in [0.717, 1.165) is 0 Å². The largest absolute Gasteiger partial charge is 0.437 e. The number of nitriles is 1. The number of Topliss-reactive ketones (excluding diaryl/α,β-unsaturated/α-hetero) is 1. The fourth-order valence-corrected chi connectivity index (χ4v) is 3.85. The van der Waals surface area contributed by atoms with Crippen LogP contribution in [0, 0.1) is 16.7 Å². The summed E-state index contributed by atoms with van der Waals surface area (Å²) in [6.45, 7) is 0. The maximum atomic E-state index is 12.9. The van der Waals surface area contributed by atoms with E-state index in [-0.39, 0.29) is 48.4 Å². The van der Waals surface area contributed by atoms with Crippen LogP contribution in [-0.2, 0) is 9.53 Å². The molecule has 8 heteroatoms. The Labute approximate surface area is 169 Å². The van der Waals surface area contributed by atoms with E-state index in [1.54, 1.807) is 24.3 Å². The van der Waals surface area contributed by atoms with Crippen LogP contribution in [0.15, 0.2) is 42.2 Å². The van der Waals surface area contributed by atoms with Crippen LogP contribution in [0.4, 0.5) is 0 Å². The van der Waals surface area contributed by atoms with Gasteiger partial charge >= 0.3 is 0 Å². The van der Waals surface area contributed by atoms with E-state index in [4.69, 9.17) is 56.5 Å². The SMILES string of the molecule is N#CC(=C1OC(=N)C(c2c(Cl)cccc2Cl)C1=O)c1c(Cl)cccc1Cl. The molecule has 1 N–H and O–H groups in total. The number of nitrogens with one attached hydrogen (secondary N) is 1. The minimum absolute atomic E-state index is 0.152. The lowest BCUT2D eigenvalue weighted by Gasteiger charge is -2.10. The molecule has 1 unspecified atom stereocenters. The van der Waals surface area contributed by atoms with Crippen LogP contribution in [-0.4, -0.2) is 11.7 Å². The molecule has 130 valence electrons. The molecule has 3 rings (SSSR count). The molecule has 1 aliphatic rings. The molecule has 1 fully saturated rings. The van der Waals surface area contributed by atoms with E-state index >= 15 is 0 Å². The molecule has 1 saturated heterocycles. The number of rotatable bonds is 2. The molecule has 2 aromatic carbocycles. The Kier molecular flexibility index (Phi) is 5.27. The molecule has 0 spiro atoms. The second-order valence-electron chi connectivity index (χ2n) is 5.31. The van der Waals surface area contributed by atoms with Crippen molar-refractivity contribution in [1.29, 1.82) is 10.7 Å². The molecule has 1 heterocycles. The predicted octanol–water partition coefficient (Wildman–Crippen LogP) is 5.90. The van der Waals surface area contributed by atoms with Crippen molar-refractivity contribution < 1.29 is 9.53 Å². The molecule has 1 aliphatic heterocycles. The summed E-state index contributed by atoms with van der Waals surface area (Å²) in [4.78, 5) is 12.9. The number of allylic oxidation sites excluding steroid dienone is 2. The summed E-state index contributed by atoms with van der Waals surface area (Å²) in [7, 11) is 0. The molecule has 26 heavy (non-hydrogen) atoms. The van der Waals surface area contributed by atoms with Crippen molar-refractivity contribution in [2.24, 2.45) is 0 Å². The highest BCUT2D eigenvalue weighted by Crippen LogP contribution is 2.42. The van der Waals surface area contributed by atoms with Crippen molar-refractivity contribution in [1.82, 2.24) is 0 Å². The number of ether oxygens (including phenoxy) is 1. The Bertz CT molecular complexity index is 984. The molecule has 1 atom stereocenters. The second kappa shape index (κ2) is 7.30. The molecular formula is C18H8Cl4N2O2. The van der Waals surface area contributed by atoms with E-state index in [9.17, 15) is 10.1 Å². The highest BCUT2D eigenvalue weighted by atomic mass is 35.5. The summed E-state index contributed by atoms with van der Waals surface area (Å²) < 4.78 is 5.32. The molecule has 0 aliphatic carbocycles. The van der Waals surface area contributed by atoms with Gasteiger partial charge in [-0.05, 0) is 24.3 Å². The maximum Gasteiger partial charge on any atom is 0.216 e. The number of nitrogens with zero attached hydrogens (tertiary/aromatic N) is 1. The molecule has 0 amide bonds. The zero-order valence-electron chi connectivity index (χ0n) is 12.8. The quantitative estimate of drug-likeness (QED) is 0.481. The van der Waals surface area contributed by atoms with Gasteiger partial charge in [-0.2, -0.15) is 5.26 Å². The molecule has 2 aromatic rings. The second-order valence-corrected chi connectivity index (χ2v) is 6.94. The third-order valence-corrected chi connectivity index (χ3v) is 5.09. The summed E-state index contributed by atoms with van der Waals surface area (Å²) in [5.74, 6) is -2.45. The molecule has 4 nitrogen and oxygen atoms in total. The Morgan fingerprint density at radius 3 is 2.00 bits per heavy atom. The molecule has 0 aromatic heterocycles. The lowest BCUT2D eigenvalue weighted by molar-refractivity contribution is -0.115. The Balaban J connectivity index is 2.20. The predicted molar refractivity (Wildman–Crippen MR) is 102 cm³/mol. The molecular weight excluding hydrogens is 418 g/mol. The van der Waals surface area contributed by atoms with Gasteiger partial charge in [0, 0.05) is 21.2 Å². The average molecular weight is 426 g/mol. The van der Waals surface area contributed by atoms with Crippen molar-refractivity contribution in [2.75, 3.05) is 0 Å². The van der Waals surface area contributed by atoms with Gasteiger partial charge in [0.2, 0.25) is 11.7 Å². The Morgan fingerprint density at radius 1 is 1.00 bits per heavy atom. The van der Waals surface area contributed by atoms with Crippen molar-refractivity contribution >= 4 is 63.7 Å². The summed E-state index contributed by atoms with van der Waals surface area (Å²) in [5.41, 5.74) is 0.268. The van der Waals surface area contributed by atoms with E-state index in [1.807, 2.05) is 6.07 Å². The first-order valence-corrected chi connectivity index (χ1v) is 8.71. The lowest BCUT2D eigenvalue weighted by Crippen LogP contribution is -2.13. The number of ketones is 1. The zero-order chi connectivity index (χ0) is 19.0. The third kappa shape index (κ3) is 3.08. The van der Waals surface area contributed by atoms with Crippen molar-refractivity contribution in [3.8, 4) is 6.07 Å². The van der Waals surface area contributed by atoms with Crippen LogP contribution in [0.2, 0.25) is 20.1 Å². The fourth-order valence-electron chi connectivity index (χ4n) is 2.65. The Morgan fingerprint density at radius 2 is 1.50 bits per heavy atom. The van der Waals surface area contributed by atoms with E-state index in [2.05, 4.69) is 0 Å². The minimum Gasteiger partial charge on any atom is -0.437 e. The highest BCUT2D eigenvalue weighted by molar-refractivity contribution is 6.40. The number of hydrogen-bond donors (Lipinski definition) is 1. The molecule has 0 radical (unpaired) electrons. The van der Waals surface area contributed by atoms with Gasteiger partial charge in [0.25, 0.3) is 0 Å². The van der Waals surface area contributed by atoms with Gasteiger partial charge in [-0.1, -0.05) is 58.5 Å². The van der Waals surface area contributed by atoms with Gasteiger partial charge in [-0.25, -0.2) is 0 Å².